The molecule has 8 nitrogen and oxygen atoms in total. The van der Waals surface area contributed by atoms with Gasteiger partial charge in [0.05, 0.1) is 29.5 Å². The fourth-order valence-electron chi connectivity index (χ4n) is 3.52. The minimum atomic E-state index is -0.538. The second-order valence-electron chi connectivity index (χ2n) is 7.64. The van der Waals surface area contributed by atoms with E-state index in [0.717, 1.165) is 11.3 Å². The highest BCUT2D eigenvalue weighted by molar-refractivity contribution is 7.16. The zero-order valence-electron chi connectivity index (χ0n) is 19.6. The lowest BCUT2D eigenvalue weighted by Crippen LogP contribution is -2.22. The number of fused-ring (bicyclic) bond motifs is 1. The molecule has 0 aliphatic carbocycles. The van der Waals surface area contributed by atoms with Gasteiger partial charge in [-0.15, -0.1) is 0 Å². The lowest BCUT2D eigenvalue weighted by molar-refractivity contribution is -0.141. The first-order valence-corrected chi connectivity index (χ1v) is 11.9. The van der Waals surface area contributed by atoms with Crippen LogP contribution < -0.4 is 4.80 Å². The van der Waals surface area contributed by atoms with Gasteiger partial charge in [0.1, 0.15) is 6.54 Å². The zero-order chi connectivity index (χ0) is 25.7. The Kier molecular flexibility index (Phi) is 7.50. The lowest BCUT2D eigenvalue weighted by Gasteiger charge is -2.05. The van der Waals surface area contributed by atoms with E-state index in [1.807, 2.05) is 6.07 Å². The molecular formula is C27H22N2O6S. The average Bonchev–Trinajstić information content (AvgIpc) is 3.24. The van der Waals surface area contributed by atoms with Gasteiger partial charge >= 0.3 is 11.9 Å². The van der Waals surface area contributed by atoms with E-state index >= 15 is 0 Å². The Bertz CT molecular complexity index is 1520. The van der Waals surface area contributed by atoms with Crippen molar-refractivity contribution >= 4 is 45.2 Å². The number of carbonyl (C=O) groups excluding carboxylic acids is 4. The van der Waals surface area contributed by atoms with Crippen molar-refractivity contribution in [1.29, 1.82) is 0 Å². The topological polar surface area (TPSA) is 104 Å². The van der Waals surface area contributed by atoms with E-state index in [9.17, 15) is 19.2 Å². The van der Waals surface area contributed by atoms with Gasteiger partial charge in [-0.1, -0.05) is 53.8 Å². The molecule has 3 aromatic carbocycles. The molecule has 0 atom stereocenters. The first-order chi connectivity index (χ1) is 17.4. The minimum absolute atomic E-state index is 0.149. The third-order valence-electron chi connectivity index (χ3n) is 5.34. The van der Waals surface area contributed by atoms with Gasteiger partial charge in [-0.2, -0.15) is 4.99 Å². The number of aromatic nitrogens is 1. The number of nitrogens with zero attached hydrogens (tertiary/aromatic N) is 2. The predicted molar refractivity (Wildman–Crippen MR) is 134 cm³/mol. The summed E-state index contributed by atoms with van der Waals surface area (Å²) < 4.78 is 12.1. The number of ether oxygens (including phenoxy) is 2. The highest BCUT2D eigenvalue weighted by Gasteiger charge is 2.16. The third-order valence-corrected chi connectivity index (χ3v) is 6.38. The molecule has 0 unspecified atom stereocenters. The van der Waals surface area contributed by atoms with Gasteiger partial charge in [0, 0.05) is 16.7 Å². The Hall–Kier alpha value is -4.37. The van der Waals surface area contributed by atoms with Gasteiger partial charge in [0.2, 0.25) is 0 Å². The summed E-state index contributed by atoms with van der Waals surface area (Å²) in [7, 11) is 1.27. The predicted octanol–water partition coefficient (Wildman–Crippen LogP) is 4.02. The zero-order valence-corrected chi connectivity index (χ0v) is 20.4. The van der Waals surface area contributed by atoms with Crippen LogP contribution >= 0.6 is 11.3 Å². The van der Waals surface area contributed by atoms with E-state index in [-0.39, 0.29) is 29.3 Å². The molecule has 0 aliphatic rings. The van der Waals surface area contributed by atoms with Crippen molar-refractivity contribution in [3.63, 3.8) is 0 Å². The maximum atomic E-state index is 13.0. The summed E-state index contributed by atoms with van der Waals surface area (Å²) in [6.45, 7) is 1.80. The van der Waals surface area contributed by atoms with Crippen molar-refractivity contribution in [2.24, 2.45) is 4.99 Å². The first kappa shape index (κ1) is 24.7. The van der Waals surface area contributed by atoms with Crippen molar-refractivity contribution in [2.45, 2.75) is 13.5 Å². The number of ketones is 1. The smallest absolute Gasteiger partial charge is 0.338 e. The Balaban J connectivity index is 1.69. The third kappa shape index (κ3) is 5.31. The van der Waals surface area contributed by atoms with Crippen LogP contribution in [0.3, 0.4) is 0 Å². The van der Waals surface area contributed by atoms with Crippen molar-refractivity contribution in [2.75, 3.05) is 13.7 Å². The molecule has 1 heterocycles. The molecular weight excluding hydrogens is 480 g/mol. The highest BCUT2D eigenvalue weighted by atomic mass is 32.1. The standard InChI is InChI=1S/C27H22N2O6S/c1-3-35-26(33)20-13-14-21-22(15-20)36-27(29(21)16-23(30)34-2)28-25(32)19-11-9-18(10-12-19)24(31)17-7-5-4-6-8-17/h4-15H,3,16H2,1-2H3. The summed E-state index contributed by atoms with van der Waals surface area (Å²) in [4.78, 5) is 54.3. The molecule has 0 bridgehead atoms. The fourth-order valence-corrected chi connectivity index (χ4v) is 4.59. The number of hydrogen-bond acceptors (Lipinski definition) is 7. The summed E-state index contributed by atoms with van der Waals surface area (Å²) in [6.07, 6.45) is 0. The largest absolute Gasteiger partial charge is 0.468 e. The quantitative estimate of drug-likeness (QED) is 0.279. The second kappa shape index (κ2) is 10.9. The van der Waals surface area contributed by atoms with E-state index in [2.05, 4.69) is 4.99 Å². The van der Waals surface area contributed by atoms with Crippen LogP contribution in [0.25, 0.3) is 10.2 Å². The Morgan fingerprint density at radius 3 is 2.17 bits per heavy atom. The van der Waals surface area contributed by atoms with Crippen LogP contribution in [0, 0.1) is 0 Å². The Morgan fingerprint density at radius 1 is 0.861 bits per heavy atom. The molecule has 0 N–H and O–H groups in total. The van der Waals surface area contributed by atoms with E-state index < -0.39 is 17.8 Å². The number of esters is 2. The molecule has 0 saturated carbocycles. The number of rotatable bonds is 7. The van der Waals surface area contributed by atoms with Gasteiger partial charge in [0.15, 0.2) is 10.6 Å². The first-order valence-electron chi connectivity index (χ1n) is 11.1. The van der Waals surface area contributed by atoms with Crippen molar-refractivity contribution in [3.8, 4) is 0 Å². The number of methoxy groups -OCH3 is 1. The molecule has 0 fully saturated rings. The van der Waals surface area contributed by atoms with Crippen LogP contribution in [0.2, 0.25) is 0 Å². The second-order valence-corrected chi connectivity index (χ2v) is 8.65. The molecule has 1 amide bonds. The van der Waals surface area contributed by atoms with E-state index in [0.29, 0.717) is 26.9 Å². The van der Waals surface area contributed by atoms with Crippen LogP contribution in [-0.2, 0) is 20.8 Å². The summed E-state index contributed by atoms with van der Waals surface area (Å²) in [5, 5.41) is 0. The number of hydrogen-bond donors (Lipinski definition) is 0. The molecule has 36 heavy (non-hydrogen) atoms. The molecule has 0 saturated heterocycles. The lowest BCUT2D eigenvalue weighted by atomic mass is 10.0. The molecule has 0 spiro atoms. The molecule has 0 aliphatic heterocycles. The van der Waals surface area contributed by atoms with Crippen molar-refractivity contribution in [3.05, 3.63) is 99.9 Å². The molecule has 182 valence electrons. The summed E-state index contributed by atoms with van der Waals surface area (Å²) in [5.74, 6) is -1.66. The Morgan fingerprint density at radius 2 is 1.50 bits per heavy atom. The van der Waals surface area contributed by atoms with E-state index in [1.165, 1.54) is 7.11 Å². The number of amides is 1. The van der Waals surface area contributed by atoms with Crippen molar-refractivity contribution in [1.82, 2.24) is 4.57 Å². The van der Waals surface area contributed by atoms with Crippen molar-refractivity contribution < 1.29 is 28.7 Å². The molecule has 9 heteroatoms. The molecule has 4 rings (SSSR count). The number of carbonyl (C=O) groups is 4. The van der Waals surface area contributed by atoms with Gasteiger partial charge in [-0.05, 0) is 37.3 Å². The van der Waals surface area contributed by atoms with Crippen LogP contribution in [0.1, 0.15) is 43.6 Å². The maximum absolute atomic E-state index is 13.0. The summed E-state index contributed by atoms with van der Waals surface area (Å²) in [5.41, 5.74) is 2.26. The fraction of sp³-hybridized carbons (Fsp3) is 0.148. The van der Waals surface area contributed by atoms with Gasteiger partial charge < -0.3 is 14.0 Å². The number of benzene rings is 3. The summed E-state index contributed by atoms with van der Waals surface area (Å²) in [6, 6.07) is 20.0. The molecule has 0 radical (unpaired) electrons. The molecule has 4 aromatic rings. The van der Waals surface area contributed by atoms with Crippen LogP contribution in [0.15, 0.2) is 77.8 Å². The van der Waals surface area contributed by atoms with Crippen LogP contribution in [0.4, 0.5) is 0 Å². The van der Waals surface area contributed by atoms with Crippen LogP contribution in [0.5, 0.6) is 0 Å². The maximum Gasteiger partial charge on any atom is 0.338 e. The monoisotopic (exact) mass is 502 g/mol. The van der Waals surface area contributed by atoms with Gasteiger partial charge in [0.25, 0.3) is 5.91 Å². The minimum Gasteiger partial charge on any atom is -0.468 e. The average molecular weight is 503 g/mol. The van der Waals surface area contributed by atoms with Gasteiger partial charge in [-0.3, -0.25) is 14.4 Å². The number of thiazole rings is 1. The van der Waals surface area contributed by atoms with E-state index in [4.69, 9.17) is 9.47 Å². The highest BCUT2D eigenvalue weighted by Crippen LogP contribution is 2.20. The summed E-state index contributed by atoms with van der Waals surface area (Å²) >= 11 is 1.16. The molecule has 1 aromatic heterocycles. The van der Waals surface area contributed by atoms with Crippen LogP contribution in [-0.4, -0.2) is 41.9 Å². The van der Waals surface area contributed by atoms with Gasteiger partial charge in [-0.25, -0.2) is 4.79 Å². The van der Waals surface area contributed by atoms with E-state index in [1.54, 1.807) is 78.2 Å². The Labute approximate surface area is 210 Å². The SMILES string of the molecule is CCOC(=O)c1ccc2c(c1)sc(=NC(=O)c1ccc(C(=O)c3ccccc3)cc1)n2CC(=O)OC. The normalized spacial score (nSPS) is 11.3.